The first-order valence-corrected chi connectivity index (χ1v) is 9.04. The van der Waals surface area contributed by atoms with Crippen LogP contribution >= 0.6 is 30.8 Å². The Balaban J connectivity index is 2.14. The lowest BCUT2D eigenvalue weighted by Gasteiger charge is -2.20. The summed E-state index contributed by atoms with van der Waals surface area (Å²) in [4.78, 5) is 22.4. The van der Waals surface area contributed by atoms with E-state index < -0.39 is 13.6 Å². The van der Waals surface area contributed by atoms with E-state index in [0.717, 1.165) is 11.1 Å². The van der Waals surface area contributed by atoms with E-state index in [1.54, 1.807) is 12.1 Å². The molecule has 1 aromatic carbocycles. The molecule has 5 nitrogen and oxygen atoms in total. The number of halogens is 2. The summed E-state index contributed by atoms with van der Waals surface area (Å²) in [6.07, 6.45) is -0.288. The Morgan fingerprint density at radius 1 is 1.14 bits per heavy atom. The maximum atomic E-state index is 11.3. The fraction of sp³-hybridized carbons (Fsp3) is 0.214. The number of aromatic nitrogens is 1. The summed E-state index contributed by atoms with van der Waals surface area (Å²) in [6, 6.07) is 12.0. The Morgan fingerprint density at radius 2 is 1.73 bits per heavy atom. The Kier molecular flexibility index (Phi) is 5.98. The second-order valence-electron chi connectivity index (χ2n) is 4.81. The molecule has 22 heavy (non-hydrogen) atoms. The predicted molar refractivity (Wildman–Crippen MR) is 87.2 cm³/mol. The first-order chi connectivity index (χ1) is 10.3. The predicted octanol–water partition coefficient (Wildman–Crippen LogP) is 3.40. The van der Waals surface area contributed by atoms with Crippen LogP contribution in [0.1, 0.15) is 17.2 Å². The summed E-state index contributed by atoms with van der Waals surface area (Å²) < 4.78 is 11.3. The SMILES string of the molecule is O=P(O)(O)CC(NCc1cc(Cl)nc(Cl)c1)c1ccccc1. The van der Waals surface area contributed by atoms with Crippen molar-refractivity contribution in [3.63, 3.8) is 0 Å². The third kappa shape index (κ3) is 5.69. The summed E-state index contributed by atoms with van der Waals surface area (Å²) in [6.45, 7) is 0.363. The molecule has 8 heteroatoms. The highest BCUT2D eigenvalue weighted by atomic mass is 35.5. The lowest BCUT2D eigenvalue weighted by atomic mass is 10.1. The minimum absolute atomic E-state index is 0.274. The molecule has 1 aromatic heterocycles. The average Bonchev–Trinajstić information content (AvgIpc) is 2.42. The van der Waals surface area contributed by atoms with Gasteiger partial charge < -0.3 is 15.1 Å². The fourth-order valence-electron chi connectivity index (χ4n) is 2.07. The van der Waals surface area contributed by atoms with Crippen molar-refractivity contribution >= 4 is 30.8 Å². The van der Waals surface area contributed by atoms with Gasteiger partial charge in [0.2, 0.25) is 0 Å². The molecule has 0 aliphatic carbocycles. The van der Waals surface area contributed by atoms with Crippen LogP contribution in [0.4, 0.5) is 0 Å². The third-order valence-corrected chi connectivity index (χ3v) is 4.23. The molecule has 0 amide bonds. The average molecular weight is 361 g/mol. The summed E-state index contributed by atoms with van der Waals surface area (Å²) in [7, 11) is -4.15. The highest BCUT2D eigenvalue weighted by Crippen LogP contribution is 2.39. The van der Waals surface area contributed by atoms with E-state index in [-0.39, 0.29) is 16.5 Å². The van der Waals surface area contributed by atoms with Gasteiger partial charge in [-0.05, 0) is 23.3 Å². The van der Waals surface area contributed by atoms with E-state index in [1.807, 2.05) is 30.3 Å². The zero-order valence-electron chi connectivity index (χ0n) is 11.5. The van der Waals surface area contributed by atoms with Crippen molar-refractivity contribution in [2.45, 2.75) is 12.6 Å². The van der Waals surface area contributed by atoms with Crippen LogP contribution in [0.25, 0.3) is 0 Å². The Bertz CT molecular complexity index is 659. The highest BCUT2D eigenvalue weighted by Gasteiger charge is 2.22. The van der Waals surface area contributed by atoms with Crippen molar-refractivity contribution in [3.8, 4) is 0 Å². The molecule has 0 saturated carbocycles. The summed E-state index contributed by atoms with van der Waals surface area (Å²) in [5.74, 6) is 0. The van der Waals surface area contributed by atoms with Gasteiger partial charge in [-0.1, -0.05) is 53.5 Å². The molecule has 0 bridgehead atoms. The van der Waals surface area contributed by atoms with Crippen LogP contribution in [-0.4, -0.2) is 20.9 Å². The van der Waals surface area contributed by atoms with Crippen molar-refractivity contribution in [1.29, 1.82) is 0 Å². The fourth-order valence-corrected chi connectivity index (χ4v) is 3.39. The molecule has 2 rings (SSSR count). The van der Waals surface area contributed by atoms with Crippen molar-refractivity contribution in [2.24, 2.45) is 0 Å². The lowest BCUT2D eigenvalue weighted by molar-refractivity contribution is 0.363. The van der Waals surface area contributed by atoms with Gasteiger partial charge in [0.1, 0.15) is 10.3 Å². The zero-order valence-corrected chi connectivity index (χ0v) is 13.9. The van der Waals surface area contributed by atoms with Gasteiger partial charge in [0, 0.05) is 12.6 Å². The van der Waals surface area contributed by atoms with Crippen molar-refractivity contribution < 1.29 is 14.4 Å². The van der Waals surface area contributed by atoms with Gasteiger partial charge in [-0.2, -0.15) is 0 Å². The van der Waals surface area contributed by atoms with Gasteiger partial charge in [0.25, 0.3) is 0 Å². The molecule has 0 fully saturated rings. The van der Waals surface area contributed by atoms with Gasteiger partial charge in [-0.15, -0.1) is 0 Å². The van der Waals surface area contributed by atoms with E-state index in [0.29, 0.717) is 6.54 Å². The largest absolute Gasteiger partial charge is 0.327 e. The molecule has 1 heterocycles. The van der Waals surface area contributed by atoms with Crippen LogP contribution in [0.3, 0.4) is 0 Å². The van der Waals surface area contributed by atoms with E-state index in [4.69, 9.17) is 23.2 Å². The van der Waals surface area contributed by atoms with Crippen molar-refractivity contribution in [2.75, 3.05) is 6.16 Å². The van der Waals surface area contributed by atoms with Gasteiger partial charge in [0.05, 0.1) is 6.16 Å². The minimum Gasteiger partial charge on any atom is -0.324 e. The molecule has 3 N–H and O–H groups in total. The van der Waals surface area contributed by atoms with Crippen molar-refractivity contribution in [3.05, 3.63) is 63.9 Å². The highest BCUT2D eigenvalue weighted by molar-refractivity contribution is 7.51. The smallest absolute Gasteiger partial charge is 0.324 e. The number of hydrogen-bond acceptors (Lipinski definition) is 3. The topological polar surface area (TPSA) is 82.5 Å². The van der Waals surface area contributed by atoms with E-state index >= 15 is 0 Å². The number of rotatable bonds is 6. The Labute approximate surface area is 138 Å². The molecule has 0 aliphatic rings. The van der Waals surface area contributed by atoms with Crippen LogP contribution in [0, 0.1) is 0 Å². The van der Waals surface area contributed by atoms with Crippen LogP contribution in [-0.2, 0) is 11.1 Å². The number of nitrogens with zero attached hydrogens (tertiary/aromatic N) is 1. The standard InChI is InChI=1S/C14H15Cl2N2O3P/c15-13-6-10(7-14(16)18-13)8-17-12(9-22(19,20)21)11-4-2-1-3-5-11/h1-7,12,17H,8-9H2,(H2,19,20,21). The first-order valence-electron chi connectivity index (χ1n) is 6.48. The van der Waals surface area contributed by atoms with Gasteiger partial charge in [0.15, 0.2) is 0 Å². The van der Waals surface area contributed by atoms with E-state index in [1.165, 1.54) is 0 Å². The van der Waals surface area contributed by atoms with E-state index in [9.17, 15) is 14.4 Å². The van der Waals surface area contributed by atoms with Crippen molar-refractivity contribution in [1.82, 2.24) is 10.3 Å². The van der Waals surface area contributed by atoms with E-state index in [2.05, 4.69) is 10.3 Å². The molecular weight excluding hydrogens is 346 g/mol. The molecular formula is C14H15Cl2N2O3P. The first kappa shape index (κ1) is 17.4. The quantitative estimate of drug-likeness (QED) is 0.543. The van der Waals surface area contributed by atoms with Gasteiger partial charge >= 0.3 is 7.60 Å². The summed E-state index contributed by atoms with van der Waals surface area (Å²) in [5.41, 5.74) is 1.59. The third-order valence-electron chi connectivity index (χ3n) is 3.00. The second-order valence-corrected chi connectivity index (χ2v) is 7.28. The van der Waals surface area contributed by atoms with Gasteiger partial charge in [-0.3, -0.25) is 4.57 Å². The monoisotopic (exact) mass is 360 g/mol. The molecule has 1 atom stereocenters. The number of pyridine rings is 1. The normalized spacial score (nSPS) is 13.1. The molecule has 0 spiro atoms. The zero-order chi connectivity index (χ0) is 16.2. The molecule has 0 radical (unpaired) electrons. The second kappa shape index (κ2) is 7.55. The Hall–Kier alpha value is -0.940. The number of hydrogen-bond donors (Lipinski definition) is 3. The van der Waals surface area contributed by atoms with Gasteiger partial charge in [-0.25, -0.2) is 4.98 Å². The maximum absolute atomic E-state index is 11.3. The molecule has 0 aliphatic heterocycles. The molecule has 0 saturated heterocycles. The number of nitrogens with one attached hydrogen (secondary N) is 1. The Morgan fingerprint density at radius 3 is 2.27 bits per heavy atom. The number of benzene rings is 1. The van der Waals surface area contributed by atoms with Crippen LogP contribution in [0.2, 0.25) is 10.3 Å². The van der Waals surface area contributed by atoms with Crippen LogP contribution in [0.15, 0.2) is 42.5 Å². The summed E-state index contributed by atoms with van der Waals surface area (Å²) in [5, 5.41) is 3.67. The lowest BCUT2D eigenvalue weighted by Crippen LogP contribution is -2.24. The summed E-state index contributed by atoms with van der Waals surface area (Å²) >= 11 is 11.7. The minimum atomic E-state index is -4.15. The molecule has 118 valence electrons. The molecule has 2 aromatic rings. The van der Waals surface area contributed by atoms with Crippen LogP contribution < -0.4 is 5.32 Å². The van der Waals surface area contributed by atoms with Crippen LogP contribution in [0.5, 0.6) is 0 Å². The maximum Gasteiger partial charge on any atom is 0.327 e. The molecule has 1 unspecified atom stereocenters.